The molecule has 1 saturated heterocycles. The lowest BCUT2D eigenvalue weighted by Gasteiger charge is -2.31. The van der Waals surface area contributed by atoms with Crippen molar-refractivity contribution in [2.24, 2.45) is 5.92 Å². The summed E-state index contributed by atoms with van der Waals surface area (Å²) >= 11 is 6.10. The number of likely N-dealkylation sites (tertiary alicyclic amines) is 1. The minimum atomic E-state index is -0.499. The quantitative estimate of drug-likeness (QED) is 0.613. The molecule has 7 nitrogen and oxygen atoms in total. The predicted molar refractivity (Wildman–Crippen MR) is 105 cm³/mol. The van der Waals surface area contributed by atoms with Gasteiger partial charge in [0.25, 0.3) is 11.6 Å². The van der Waals surface area contributed by atoms with E-state index in [9.17, 15) is 19.7 Å². The maximum absolute atomic E-state index is 12.5. The molecular formula is C20H20ClN3O4. The van der Waals surface area contributed by atoms with Crippen LogP contribution in [0.3, 0.4) is 0 Å². The Morgan fingerprint density at radius 3 is 2.36 bits per heavy atom. The van der Waals surface area contributed by atoms with Gasteiger partial charge in [-0.2, -0.15) is 0 Å². The number of benzene rings is 2. The number of nitrogens with zero attached hydrogens (tertiary/aromatic N) is 2. The summed E-state index contributed by atoms with van der Waals surface area (Å²) in [5.74, 6) is -0.365. The second-order valence-corrected chi connectivity index (χ2v) is 7.09. The van der Waals surface area contributed by atoms with Crippen molar-refractivity contribution in [1.29, 1.82) is 0 Å². The van der Waals surface area contributed by atoms with Crippen molar-refractivity contribution in [3.05, 3.63) is 74.8 Å². The van der Waals surface area contributed by atoms with Crippen LogP contribution < -0.4 is 5.32 Å². The molecule has 1 aliphatic heterocycles. The zero-order chi connectivity index (χ0) is 20.1. The number of hydrogen-bond donors (Lipinski definition) is 1. The van der Waals surface area contributed by atoms with Crippen LogP contribution in [-0.4, -0.2) is 34.7 Å². The Morgan fingerprint density at radius 2 is 1.75 bits per heavy atom. The highest BCUT2D eigenvalue weighted by Crippen LogP contribution is 2.21. The summed E-state index contributed by atoms with van der Waals surface area (Å²) < 4.78 is 0. The number of rotatable bonds is 5. The van der Waals surface area contributed by atoms with Crippen molar-refractivity contribution in [1.82, 2.24) is 10.2 Å². The standard InChI is InChI=1S/C20H20ClN3O4/c21-18-4-2-1-3-16(18)13-22-19(25)14-9-11-23(12-10-14)20(26)15-5-7-17(8-6-15)24(27)28/h1-8,14H,9-13H2,(H,22,25). The summed E-state index contributed by atoms with van der Waals surface area (Å²) in [5.41, 5.74) is 1.22. The van der Waals surface area contributed by atoms with Crippen molar-refractivity contribution in [2.45, 2.75) is 19.4 Å². The second-order valence-electron chi connectivity index (χ2n) is 6.68. The van der Waals surface area contributed by atoms with Gasteiger partial charge in [-0.05, 0) is 36.6 Å². The van der Waals surface area contributed by atoms with Gasteiger partial charge in [-0.3, -0.25) is 19.7 Å². The molecule has 146 valence electrons. The van der Waals surface area contributed by atoms with Gasteiger partial charge >= 0.3 is 0 Å². The van der Waals surface area contributed by atoms with Crippen molar-refractivity contribution >= 4 is 29.1 Å². The van der Waals surface area contributed by atoms with E-state index in [1.807, 2.05) is 18.2 Å². The Bertz CT molecular complexity index is 877. The van der Waals surface area contributed by atoms with Gasteiger partial charge in [-0.1, -0.05) is 29.8 Å². The fourth-order valence-electron chi connectivity index (χ4n) is 3.22. The third-order valence-corrected chi connectivity index (χ3v) is 5.26. The maximum atomic E-state index is 12.5. The van der Waals surface area contributed by atoms with E-state index in [-0.39, 0.29) is 23.4 Å². The topological polar surface area (TPSA) is 92.6 Å². The molecule has 28 heavy (non-hydrogen) atoms. The van der Waals surface area contributed by atoms with E-state index in [1.54, 1.807) is 11.0 Å². The number of nitro benzene ring substituents is 1. The fourth-order valence-corrected chi connectivity index (χ4v) is 3.42. The summed E-state index contributed by atoms with van der Waals surface area (Å²) in [4.78, 5) is 36.8. The van der Waals surface area contributed by atoms with Crippen LogP contribution in [0.5, 0.6) is 0 Å². The SMILES string of the molecule is O=C(NCc1ccccc1Cl)C1CCN(C(=O)c2ccc([N+](=O)[O-])cc2)CC1. The second kappa shape index (κ2) is 8.84. The van der Waals surface area contributed by atoms with Gasteiger partial charge in [0.05, 0.1) is 4.92 Å². The van der Waals surface area contributed by atoms with E-state index in [0.717, 1.165) is 5.56 Å². The number of piperidine rings is 1. The van der Waals surface area contributed by atoms with E-state index in [2.05, 4.69) is 5.32 Å². The molecule has 1 N–H and O–H groups in total. The number of hydrogen-bond acceptors (Lipinski definition) is 4. The highest BCUT2D eigenvalue weighted by atomic mass is 35.5. The van der Waals surface area contributed by atoms with Gasteiger partial charge in [0, 0.05) is 48.3 Å². The van der Waals surface area contributed by atoms with Gasteiger partial charge in [-0.25, -0.2) is 0 Å². The van der Waals surface area contributed by atoms with Crippen molar-refractivity contribution in [3.63, 3.8) is 0 Å². The van der Waals surface area contributed by atoms with E-state index >= 15 is 0 Å². The molecule has 0 spiro atoms. The molecule has 3 rings (SSSR count). The van der Waals surface area contributed by atoms with E-state index in [0.29, 0.717) is 43.1 Å². The Balaban J connectivity index is 1.50. The zero-order valence-corrected chi connectivity index (χ0v) is 15.9. The smallest absolute Gasteiger partial charge is 0.269 e. The van der Waals surface area contributed by atoms with E-state index in [1.165, 1.54) is 24.3 Å². The predicted octanol–water partition coefficient (Wildman–Crippen LogP) is 3.42. The summed E-state index contributed by atoms with van der Waals surface area (Å²) in [5, 5.41) is 14.2. The van der Waals surface area contributed by atoms with Crippen molar-refractivity contribution < 1.29 is 14.5 Å². The van der Waals surface area contributed by atoms with Crippen LogP contribution in [0, 0.1) is 16.0 Å². The molecule has 1 aliphatic rings. The number of non-ortho nitro benzene ring substituents is 1. The van der Waals surface area contributed by atoms with E-state index < -0.39 is 4.92 Å². The van der Waals surface area contributed by atoms with Crippen molar-refractivity contribution in [3.8, 4) is 0 Å². The molecule has 1 heterocycles. The number of halogens is 1. The van der Waals surface area contributed by atoms with Gasteiger partial charge in [0.15, 0.2) is 0 Å². The molecule has 0 aliphatic carbocycles. The van der Waals surface area contributed by atoms with Gasteiger partial charge in [-0.15, -0.1) is 0 Å². The minimum Gasteiger partial charge on any atom is -0.352 e. The molecule has 2 aromatic rings. The summed E-state index contributed by atoms with van der Waals surface area (Å²) in [6.45, 7) is 1.32. The summed E-state index contributed by atoms with van der Waals surface area (Å²) in [7, 11) is 0. The number of carbonyl (C=O) groups excluding carboxylic acids is 2. The molecule has 0 atom stereocenters. The number of amides is 2. The highest BCUT2D eigenvalue weighted by Gasteiger charge is 2.28. The lowest BCUT2D eigenvalue weighted by molar-refractivity contribution is -0.384. The van der Waals surface area contributed by atoms with Gasteiger partial charge in [0.2, 0.25) is 5.91 Å². The van der Waals surface area contributed by atoms with Crippen LogP contribution in [-0.2, 0) is 11.3 Å². The van der Waals surface area contributed by atoms with Crippen LogP contribution in [0.15, 0.2) is 48.5 Å². The minimum absolute atomic E-state index is 0.0395. The highest BCUT2D eigenvalue weighted by molar-refractivity contribution is 6.31. The third kappa shape index (κ3) is 4.67. The van der Waals surface area contributed by atoms with Crippen LogP contribution in [0.4, 0.5) is 5.69 Å². The Labute approximate surface area is 167 Å². The Kier molecular flexibility index (Phi) is 6.26. The van der Waals surface area contributed by atoms with Crippen molar-refractivity contribution in [2.75, 3.05) is 13.1 Å². The average Bonchev–Trinajstić information content (AvgIpc) is 2.72. The summed E-state index contributed by atoms with van der Waals surface area (Å²) in [6.07, 6.45) is 1.15. The molecule has 0 saturated carbocycles. The lowest BCUT2D eigenvalue weighted by atomic mass is 9.95. The first-order chi connectivity index (χ1) is 13.5. The largest absolute Gasteiger partial charge is 0.352 e. The zero-order valence-electron chi connectivity index (χ0n) is 15.1. The van der Waals surface area contributed by atoms with Gasteiger partial charge < -0.3 is 10.2 Å². The first-order valence-corrected chi connectivity index (χ1v) is 9.38. The fraction of sp³-hybridized carbons (Fsp3) is 0.300. The average molecular weight is 402 g/mol. The molecule has 0 bridgehead atoms. The molecule has 1 fully saturated rings. The lowest BCUT2D eigenvalue weighted by Crippen LogP contribution is -2.42. The normalized spacial score (nSPS) is 14.5. The van der Waals surface area contributed by atoms with Crippen LogP contribution >= 0.6 is 11.6 Å². The first-order valence-electron chi connectivity index (χ1n) is 9.00. The number of nitro groups is 1. The number of carbonyl (C=O) groups is 2. The number of nitrogens with one attached hydrogen (secondary N) is 1. The molecule has 0 unspecified atom stereocenters. The molecule has 2 amide bonds. The Hall–Kier alpha value is -2.93. The molecule has 0 aromatic heterocycles. The molecule has 8 heteroatoms. The maximum Gasteiger partial charge on any atom is 0.269 e. The summed E-state index contributed by atoms with van der Waals surface area (Å²) in [6, 6.07) is 12.9. The molecule has 0 radical (unpaired) electrons. The monoisotopic (exact) mass is 401 g/mol. The molecule has 2 aromatic carbocycles. The molecular weight excluding hydrogens is 382 g/mol. The first kappa shape index (κ1) is 19.8. The van der Waals surface area contributed by atoms with E-state index in [4.69, 9.17) is 11.6 Å². The van der Waals surface area contributed by atoms with Crippen LogP contribution in [0.1, 0.15) is 28.8 Å². The Morgan fingerprint density at radius 1 is 1.11 bits per heavy atom. The van der Waals surface area contributed by atoms with Gasteiger partial charge in [0.1, 0.15) is 0 Å². The van der Waals surface area contributed by atoms with Crippen LogP contribution in [0.2, 0.25) is 5.02 Å². The van der Waals surface area contributed by atoms with Crippen LogP contribution in [0.25, 0.3) is 0 Å². The third-order valence-electron chi connectivity index (χ3n) is 4.89.